The van der Waals surface area contributed by atoms with E-state index in [-0.39, 0.29) is 35.4 Å². The summed E-state index contributed by atoms with van der Waals surface area (Å²) >= 11 is 0. The molecule has 4 fully saturated rings. The summed E-state index contributed by atoms with van der Waals surface area (Å²) in [4.78, 5) is 13.8. The molecule has 4 aliphatic rings. The van der Waals surface area contributed by atoms with Crippen LogP contribution in [-0.4, -0.2) is 28.7 Å². The average Bonchev–Trinajstić information content (AvgIpc) is 3.00. The quantitative estimate of drug-likeness (QED) is 0.765. The van der Waals surface area contributed by atoms with E-state index >= 15 is 0 Å². The van der Waals surface area contributed by atoms with Gasteiger partial charge in [-0.2, -0.15) is 0 Å². The van der Waals surface area contributed by atoms with Crippen LogP contribution in [-0.2, 0) is 4.79 Å². The molecule has 4 aliphatic carbocycles. The molecule has 0 spiro atoms. The fraction of sp³-hybridized carbons (Fsp3) is 0.958. The van der Waals surface area contributed by atoms with Gasteiger partial charge in [-0.1, -0.05) is 27.7 Å². The molecule has 0 aromatic carbocycles. The normalized spacial score (nSPS) is 53.4. The third-order valence-electron chi connectivity index (χ3n) is 10.2. The van der Waals surface area contributed by atoms with Crippen molar-refractivity contribution in [2.45, 2.75) is 85.2 Å². The predicted molar refractivity (Wildman–Crippen MR) is 107 cm³/mol. The van der Waals surface area contributed by atoms with Crippen molar-refractivity contribution in [2.24, 2.45) is 52.3 Å². The first-order valence-corrected chi connectivity index (χ1v) is 11.6. The Morgan fingerprint density at radius 2 is 1.70 bits per heavy atom. The van der Waals surface area contributed by atoms with Crippen LogP contribution >= 0.6 is 0 Å². The van der Waals surface area contributed by atoms with Crippen LogP contribution in [0.5, 0.6) is 0 Å². The number of aliphatic hydroxyl groups excluding tert-OH is 2. The summed E-state index contributed by atoms with van der Waals surface area (Å²) in [6.07, 6.45) is 8.26. The van der Waals surface area contributed by atoms with E-state index < -0.39 is 0 Å². The van der Waals surface area contributed by atoms with Gasteiger partial charge < -0.3 is 10.2 Å². The summed E-state index contributed by atoms with van der Waals surface area (Å²) in [6, 6.07) is 0. The lowest BCUT2D eigenvalue weighted by Gasteiger charge is -2.62. The second-order valence-electron chi connectivity index (χ2n) is 11.1. The minimum Gasteiger partial charge on any atom is -0.396 e. The van der Waals surface area contributed by atoms with Gasteiger partial charge in [0.05, 0.1) is 6.10 Å². The molecule has 0 heterocycles. The van der Waals surface area contributed by atoms with Crippen molar-refractivity contribution >= 4 is 5.78 Å². The molecule has 3 unspecified atom stereocenters. The van der Waals surface area contributed by atoms with Crippen LogP contribution in [0.3, 0.4) is 0 Å². The van der Waals surface area contributed by atoms with Crippen LogP contribution in [0.25, 0.3) is 0 Å². The van der Waals surface area contributed by atoms with Crippen LogP contribution in [0.1, 0.15) is 79.1 Å². The van der Waals surface area contributed by atoms with Crippen LogP contribution in [0.2, 0.25) is 0 Å². The lowest BCUT2D eigenvalue weighted by atomic mass is 9.42. The van der Waals surface area contributed by atoms with Gasteiger partial charge >= 0.3 is 0 Å². The monoisotopic (exact) mass is 376 g/mol. The fourth-order valence-electron chi connectivity index (χ4n) is 8.74. The maximum Gasteiger partial charge on any atom is 0.139 e. The second-order valence-corrected chi connectivity index (χ2v) is 11.1. The molecule has 0 amide bonds. The molecular weight excluding hydrogens is 336 g/mol. The third-order valence-corrected chi connectivity index (χ3v) is 10.2. The summed E-state index contributed by atoms with van der Waals surface area (Å²) in [6.45, 7) is 9.54. The lowest BCUT2D eigenvalue weighted by Crippen LogP contribution is -2.60. The van der Waals surface area contributed by atoms with Gasteiger partial charge in [-0.25, -0.2) is 0 Å². The van der Waals surface area contributed by atoms with E-state index in [1.165, 1.54) is 12.8 Å². The molecule has 2 N–H and O–H groups in total. The smallest absolute Gasteiger partial charge is 0.139 e. The molecule has 3 heteroatoms. The summed E-state index contributed by atoms with van der Waals surface area (Å²) in [5.74, 6) is 3.17. The Morgan fingerprint density at radius 3 is 2.37 bits per heavy atom. The Hall–Kier alpha value is -0.410. The maximum absolute atomic E-state index is 13.8. The van der Waals surface area contributed by atoms with E-state index in [4.69, 9.17) is 0 Å². The zero-order valence-corrected chi connectivity index (χ0v) is 17.8. The van der Waals surface area contributed by atoms with Crippen molar-refractivity contribution in [1.29, 1.82) is 0 Å². The van der Waals surface area contributed by atoms with Gasteiger partial charge in [0.15, 0.2) is 0 Å². The Labute approximate surface area is 165 Å². The van der Waals surface area contributed by atoms with Gasteiger partial charge in [-0.15, -0.1) is 0 Å². The van der Waals surface area contributed by atoms with E-state index in [1.54, 1.807) is 0 Å². The van der Waals surface area contributed by atoms with Gasteiger partial charge in [0, 0.05) is 18.4 Å². The molecular formula is C24H40O3. The van der Waals surface area contributed by atoms with Gasteiger partial charge in [-0.05, 0) is 91.8 Å². The minimum atomic E-state index is -0.211. The highest BCUT2D eigenvalue weighted by molar-refractivity contribution is 5.86. The van der Waals surface area contributed by atoms with Crippen molar-refractivity contribution in [2.75, 3.05) is 6.61 Å². The van der Waals surface area contributed by atoms with Crippen molar-refractivity contribution in [3.05, 3.63) is 0 Å². The Kier molecular flexibility index (Phi) is 5.03. The van der Waals surface area contributed by atoms with Gasteiger partial charge in [0.1, 0.15) is 5.78 Å². The van der Waals surface area contributed by atoms with E-state index in [0.717, 1.165) is 38.5 Å². The summed E-state index contributed by atoms with van der Waals surface area (Å²) in [5, 5.41) is 20.1. The zero-order chi connectivity index (χ0) is 19.6. The number of ketones is 1. The van der Waals surface area contributed by atoms with Crippen LogP contribution in [0.15, 0.2) is 0 Å². The largest absolute Gasteiger partial charge is 0.396 e. The molecule has 27 heavy (non-hydrogen) atoms. The predicted octanol–water partition coefficient (Wildman–Crippen LogP) is 4.45. The number of hydrogen-bond donors (Lipinski definition) is 2. The molecule has 0 aromatic rings. The first kappa shape index (κ1) is 19.9. The zero-order valence-electron chi connectivity index (χ0n) is 17.8. The number of Topliss-reactive ketones (excluding diaryl/α,β-unsaturated/α-hetero) is 1. The van der Waals surface area contributed by atoms with Gasteiger partial charge in [-0.3, -0.25) is 4.79 Å². The van der Waals surface area contributed by atoms with Crippen molar-refractivity contribution < 1.29 is 15.0 Å². The highest BCUT2D eigenvalue weighted by Gasteiger charge is 2.64. The molecule has 0 radical (unpaired) electrons. The second kappa shape index (κ2) is 6.83. The Bertz CT molecular complexity index is 588. The number of carbonyl (C=O) groups is 1. The van der Waals surface area contributed by atoms with Crippen molar-refractivity contribution in [3.8, 4) is 0 Å². The highest BCUT2D eigenvalue weighted by atomic mass is 16.3. The van der Waals surface area contributed by atoms with Crippen LogP contribution < -0.4 is 0 Å². The molecule has 4 saturated carbocycles. The molecule has 10 atom stereocenters. The molecule has 0 aromatic heterocycles. The highest BCUT2D eigenvalue weighted by Crippen LogP contribution is 2.68. The third kappa shape index (κ3) is 2.70. The number of rotatable bonds is 3. The number of fused-ring (bicyclic) bond motifs is 5. The standard InChI is InChI=1S/C24H40O3/c1-5-16-20-12-15(26)8-10-24(20,4)19-9-11-23(3)17(14(2)13-25)6-7-18(23)21(19)22(16)27/h14-21,25-26H,5-13H2,1-4H3/t14-,15-,16-,17-,18?,19?,20+,21?,23-,24-/m1/s1. The molecule has 3 nitrogen and oxygen atoms in total. The van der Waals surface area contributed by atoms with E-state index in [2.05, 4.69) is 27.7 Å². The average molecular weight is 377 g/mol. The number of carbonyl (C=O) groups excluding carboxylic acids is 1. The molecule has 0 aliphatic heterocycles. The van der Waals surface area contributed by atoms with Crippen LogP contribution in [0, 0.1) is 52.3 Å². The topological polar surface area (TPSA) is 57.5 Å². The van der Waals surface area contributed by atoms with Gasteiger partial charge in [0.2, 0.25) is 0 Å². The Balaban J connectivity index is 1.70. The number of aliphatic hydroxyl groups is 2. The first-order valence-electron chi connectivity index (χ1n) is 11.6. The molecule has 0 saturated heterocycles. The fourth-order valence-corrected chi connectivity index (χ4v) is 8.74. The summed E-state index contributed by atoms with van der Waals surface area (Å²) in [5.41, 5.74) is 0.440. The van der Waals surface area contributed by atoms with Gasteiger partial charge in [0.25, 0.3) is 0 Å². The lowest BCUT2D eigenvalue weighted by molar-refractivity contribution is -0.173. The van der Waals surface area contributed by atoms with Crippen molar-refractivity contribution in [3.63, 3.8) is 0 Å². The minimum absolute atomic E-state index is 0.142. The maximum atomic E-state index is 13.8. The number of hydrogen-bond acceptors (Lipinski definition) is 3. The SMILES string of the molecule is CC[C@H]1C(=O)C2C3CC[C@H]([C@H](C)CO)[C@@]3(C)CCC2[C@@]2(C)CC[C@@H](O)C[C@@H]12. The van der Waals surface area contributed by atoms with E-state index in [0.29, 0.717) is 35.4 Å². The van der Waals surface area contributed by atoms with E-state index in [1.807, 2.05) is 0 Å². The first-order chi connectivity index (χ1) is 12.8. The Morgan fingerprint density at radius 1 is 1.04 bits per heavy atom. The van der Waals surface area contributed by atoms with Crippen LogP contribution in [0.4, 0.5) is 0 Å². The summed E-state index contributed by atoms with van der Waals surface area (Å²) in [7, 11) is 0. The van der Waals surface area contributed by atoms with E-state index in [9.17, 15) is 15.0 Å². The molecule has 154 valence electrons. The molecule has 4 rings (SSSR count). The molecule has 0 bridgehead atoms. The summed E-state index contributed by atoms with van der Waals surface area (Å²) < 4.78 is 0. The van der Waals surface area contributed by atoms with Crippen molar-refractivity contribution in [1.82, 2.24) is 0 Å².